The average molecular weight is 354 g/mol. The normalized spacial score (nSPS) is 9.63. The first-order chi connectivity index (χ1) is 13.4. The lowest BCUT2D eigenvalue weighted by atomic mass is 10.2. The molecule has 0 radical (unpaired) electrons. The lowest BCUT2D eigenvalue weighted by molar-refractivity contribution is 0.306. The first-order valence-electron chi connectivity index (χ1n) is 8.90. The van der Waals surface area contributed by atoms with Crippen LogP contribution in [-0.4, -0.2) is 0 Å². The highest BCUT2D eigenvalue weighted by molar-refractivity contribution is 5.30. The second-order valence-corrected chi connectivity index (χ2v) is 5.82. The molecular weight excluding hydrogens is 332 g/mol. The van der Waals surface area contributed by atoms with E-state index in [2.05, 4.69) is 12.1 Å². The lowest BCUT2D eigenvalue weighted by Crippen LogP contribution is -1.94. The van der Waals surface area contributed by atoms with E-state index in [-0.39, 0.29) is 0 Å². The summed E-state index contributed by atoms with van der Waals surface area (Å²) in [5.41, 5.74) is 1.19. The molecule has 27 heavy (non-hydrogen) atoms. The Hall–Kier alpha value is -3.52. The average Bonchev–Trinajstić information content (AvgIpc) is 2.76. The van der Waals surface area contributed by atoms with Crippen molar-refractivity contribution in [2.75, 3.05) is 0 Å². The zero-order valence-electron chi connectivity index (χ0n) is 15.1. The van der Waals surface area contributed by atoms with Crippen LogP contribution in [0, 0.1) is 0 Å². The van der Waals surface area contributed by atoms with E-state index in [9.17, 15) is 0 Å². The lowest BCUT2D eigenvalue weighted by Gasteiger charge is -2.05. The highest BCUT2D eigenvalue weighted by Gasteiger charge is 1.93. The topological polar surface area (TPSA) is 18.5 Å². The summed E-state index contributed by atoms with van der Waals surface area (Å²) in [6.07, 6.45) is 0. The maximum atomic E-state index is 5.59. The molecule has 0 fully saturated rings. The second-order valence-electron chi connectivity index (χ2n) is 5.82. The molecule has 2 nitrogen and oxygen atoms in total. The first kappa shape index (κ1) is 18.3. The maximum absolute atomic E-state index is 5.59. The number of hydrogen-bond acceptors (Lipinski definition) is 2. The molecule has 0 atom stereocenters. The molecule has 0 aliphatic carbocycles. The van der Waals surface area contributed by atoms with Crippen molar-refractivity contribution >= 4 is 0 Å². The summed E-state index contributed by atoms with van der Waals surface area (Å²) in [7, 11) is 0. The highest BCUT2D eigenvalue weighted by atomic mass is 16.5. The van der Waals surface area contributed by atoms with E-state index in [0.29, 0.717) is 6.61 Å². The van der Waals surface area contributed by atoms with Gasteiger partial charge in [0.15, 0.2) is 0 Å². The van der Waals surface area contributed by atoms with E-state index in [0.717, 1.165) is 17.2 Å². The fraction of sp³-hybridized carbons (Fsp3) is 0.0400. The van der Waals surface area contributed by atoms with Crippen molar-refractivity contribution in [3.63, 3.8) is 0 Å². The molecule has 0 unspecified atom stereocenters. The molecule has 0 spiro atoms. The molecule has 0 aliphatic heterocycles. The monoisotopic (exact) mass is 354 g/mol. The summed E-state index contributed by atoms with van der Waals surface area (Å²) in [5, 5.41) is 0. The number of hydrogen-bond donors (Lipinski definition) is 0. The molecule has 0 aromatic heterocycles. The van der Waals surface area contributed by atoms with Crippen LogP contribution in [-0.2, 0) is 6.61 Å². The van der Waals surface area contributed by atoms with Crippen molar-refractivity contribution < 1.29 is 9.47 Å². The summed E-state index contributed by atoms with van der Waals surface area (Å²) >= 11 is 0. The minimum Gasteiger partial charge on any atom is -0.489 e. The van der Waals surface area contributed by atoms with Crippen molar-refractivity contribution in [1.29, 1.82) is 0 Å². The maximum Gasteiger partial charge on any atom is 0.127 e. The van der Waals surface area contributed by atoms with E-state index >= 15 is 0 Å². The van der Waals surface area contributed by atoms with Gasteiger partial charge < -0.3 is 9.47 Å². The van der Waals surface area contributed by atoms with Gasteiger partial charge in [-0.2, -0.15) is 0 Å². The SMILES string of the molecule is c1ccc(COc2ccccc2)cc1.c1ccc(Oc2ccccc2)cc1. The minimum absolute atomic E-state index is 0.630. The summed E-state index contributed by atoms with van der Waals surface area (Å²) in [6.45, 7) is 0.630. The predicted molar refractivity (Wildman–Crippen MR) is 110 cm³/mol. The summed E-state index contributed by atoms with van der Waals surface area (Å²) in [4.78, 5) is 0. The Labute approximate surface area is 160 Å². The van der Waals surface area contributed by atoms with Gasteiger partial charge in [0.1, 0.15) is 23.9 Å². The molecule has 0 aliphatic rings. The Bertz CT molecular complexity index is 799. The third-order valence-corrected chi connectivity index (χ3v) is 3.71. The molecule has 0 saturated heterocycles. The van der Waals surface area contributed by atoms with Gasteiger partial charge in [0.2, 0.25) is 0 Å². The van der Waals surface area contributed by atoms with Crippen LogP contribution in [0.1, 0.15) is 5.56 Å². The van der Waals surface area contributed by atoms with Gasteiger partial charge in [-0.3, -0.25) is 0 Å². The predicted octanol–water partition coefficient (Wildman–Crippen LogP) is 6.74. The quantitative estimate of drug-likeness (QED) is 0.395. The molecule has 2 heteroatoms. The van der Waals surface area contributed by atoms with E-state index in [4.69, 9.17) is 9.47 Å². The third kappa shape index (κ3) is 6.71. The van der Waals surface area contributed by atoms with Crippen molar-refractivity contribution in [3.8, 4) is 17.2 Å². The van der Waals surface area contributed by atoms with Gasteiger partial charge in [-0.15, -0.1) is 0 Å². The zero-order valence-corrected chi connectivity index (χ0v) is 15.1. The Kier molecular flexibility index (Phi) is 7.08. The van der Waals surface area contributed by atoms with Crippen LogP contribution in [0.2, 0.25) is 0 Å². The van der Waals surface area contributed by atoms with Gasteiger partial charge in [0.25, 0.3) is 0 Å². The Morgan fingerprint density at radius 3 is 1.22 bits per heavy atom. The van der Waals surface area contributed by atoms with Crippen LogP contribution >= 0.6 is 0 Å². The fourth-order valence-electron chi connectivity index (χ4n) is 2.37. The van der Waals surface area contributed by atoms with Crippen LogP contribution in [0.3, 0.4) is 0 Å². The highest BCUT2D eigenvalue weighted by Crippen LogP contribution is 2.19. The summed E-state index contributed by atoms with van der Waals surface area (Å²) in [6, 6.07) is 39.5. The van der Waals surface area contributed by atoms with Crippen molar-refractivity contribution in [1.82, 2.24) is 0 Å². The standard InChI is InChI=1S/C13H12O.C12H10O/c1-3-7-12(8-4-1)11-14-13-9-5-2-6-10-13;1-3-7-11(8-4-1)13-12-9-5-2-6-10-12/h1-10H,11H2;1-10H. The van der Waals surface area contributed by atoms with Crippen molar-refractivity contribution in [2.45, 2.75) is 6.61 Å². The first-order valence-corrected chi connectivity index (χ1v) is 8.90. The summed E-state index contributed by atoms with van der Waals surface area (Å²) < 4.78 is 11.2. The van der Waals surface area contributed by atoms with Gasteiger partial charge in [0.05, 0.1) is 0 Å². The van der Waals surface area contributed by atoms with Crippen LogP contribution < -0.4 is 9.47 Å². The van der Waals surface area contributed by atoms with E-state index < -0.39 is 0 Å². The van der Waals surface area contributed by atoms with Crippen LogP contribution in [0.5, 0.6) is 17.2 Å². The number of benzene rings is 4. The smallest absolute Gasteiger partial charge is 0.127 e. The van der Waals surface area contributed by atoms with Gasteiger partial charge in [-0.05, 0) is 42.0 Å². The molecule has 134 valence electrons. The zero-order chi connectivity index (χ0) is 18.6. The molecule has 0 saturated carbocycles. The Morgan fingerprint density at radius 2 is 0.778 bits per heavy atom. The molecule has 0 amide bonds. The van der Waals surface area contributed by atoms with Crippen molar-refractivity contribution in [3.05, 3.63) is 127 Å². The molecule has 0 bridgehead atoms. The number of rotatable bonds is 5. The minimum atomic E-state index is 0.630. The van der Waals surface area contributed by atoms with Gasteiger partial charge in [-0.1, -0.05) is 84.9 Å². The molecule has 4 aromatic rings. The van der Waals surface area contributed by atoms with Gasteiger partial charge in [-0.25, -0.2) is 0 Å². The fourth-order valence-corrected chi connectivity index (χ4v) is 2.37. The summed E-state index contributed by atoms with van der Waals surface area (Å²) in [5.74, 6) is 2.65. The van der Waals surface area contributed by atoms with Crippen molar-refractivity contribution in [2.24, 2.45) is 0 Å². The second kappa shape index (κ2) is 10.5. The van der Waals surface area contributed by atoms with E-state index in [1.807, 2.05) is 109 Å². The van der Waals surface area contributed by atoms with Gasteiger partial charge >= 0.3 is 0 Å². The van der Waals surface area contributed by atoms with E-state index in [1.165, 1.54) is 5.56 Å². The Balaban J connectivity index is 0.000000156. The van der Waals surface area contributed by atoms with Crippen LogP contribution in [0.25, 0.3) is 0 Å². The largest absolute Gasteiger partial charge is 0.489 e. The molecular formula is C25H22O2. The molecule has 0 heterocycles. The van der Waals surface area contributed by atoms with E-state index in [1.54, 1.807) is 0 Å². The molecule has 4 aromatic carbocycles. The number of para-hydroxylation sites is 3. The third-order valence-electron chi connectivity index (χ3n) is 3.71. The van der Waals surface area contributed by atoms with Crippen LogP contribution in [0.15, 0.2) is 121 Å². The molecule has 4 rings (SSSR count). The number of ether oxygens (including phenoxy) is 2. The Morgan fingerprint density at radius 1 is 0.407 bits per heavy atom. The van der Waals surface area contributed by atoms with Gasteiger partial charge in [0, 0.05) is 0 Å². The van der Waals surface area contributed by atoms with Crippen LogP contribution in [0.4, 0.5) is 0 Å². The molecule has 0 N–H and O–H groups in total.